The van der Waals surface area contributed by atoms with Gasteiger partial charge in [0, 0.05) is 5.54 Å². The highest BCUT2D eigenvalue weighted by Gasteiger charge is 2.30. The Morgan fingerprint density at radius 3 is 2.21 bits per heavy atom. The SMILES string of the molecule is Cc1cc(C)cc(CC2(C)CCN2)c1. The summed E-state index contributed by atoms with van der Waals surface area (Å²) < 4.78 is 0. The Morgan fingerprint density at radius 2 is 1.79 bits per heavy atom. The molecule has 76 valence electrons. The van der Waals surface area contributed by atoms with Gasteiger partial charge >= 0.3 is 0 Å². The van der Waals surface area contributed by atoms with Crippen molar-refractivity contribution in [3.8, 4) is 0 Å². The molecule has 0 bridgehead atoms. The topological polar surface area (TPSA) is 12.0 Å². The molecule has 0 amide bonds. The van der Waals surface area contributed by atoms with Gasteiger partial charge in [-0.1, -0.05) is 29.3 Å². The monoisotopic (exact) mass is 189 g/mol. The minimum Gasteiger partial charge on any atom is -0.311 e. The second kappa shape index (κ2) is 3.39. The van der Waals surface area contributed by atoms with Gasteiger partial charge in [-0.15, -0.1) is 0 Å². The molecule has 1 fully saturated rings. The molecule has 1 aromatic rings. The molecule has 1 nitrogen and oxygen atoms in total. The van der Waals surface area contributed by atoms with E-state index < -0.39 is 0 Å². The van der Waals surface area contributed by atoms with E-state index in [0.29, 0.717) is 5.54 Å². The average molecular weight is 189 g/mol. The first-order valence-electron chi connectivity index (χ1n) is 5.40. The van der Waals surface area contributed by atoms with E-state index in [1.165, 1.54) is 29.7 Å². The van der Waals surface area contributed by atoms with Crippen molar-refractivity contribution in [2.24, 2.45) is 0 Å². The van der Waals surface area contributed by atoms with E-state index in [-0.39, 0.29) is 0 Å². The maximum absolute atomic E-state index is 3.51. The van der Waals surface area contributed by atoms with Crippen molar-refractivity contribution in [3.05, 3.63) is 34.9 Å². The number of aryl methyl sites for hydroxylation is 2. The fraction of sp³-hybridized carbons (Fsp3) is 0.538. The molecule has 1 saturated heterocycles. The van der Waals surface area contributed by atoms with Crippen LogP contribution in [0.3, 0.4) is 0 Å². The standard InChI is InChI=1S/C13H19N/c1-10-6-11(2)8-12(7-10)9-13(3)4-5-14-13/h6-8,14H,4-5,9H2,1-3H3. The first-order valence-corrected chi connectivity index (χ1v) is 5.40. The Kier molecular flexibility index (Phi) is 2.36. The average Bonchev–Trinajstić information content (AvgIpc) is 1.99. The molecular weight excluding hydrogens is 170 g/mol. The highest BCUT2D eigenvalue weighted by Crippen LogP contribution is 2.24. The van der Waals surface area contributed by atoms with Crippen LogP contribution in [-0.2, 0) is 6.42 Å². The first kappa shape index (κ1) is 9.72. The van der Waals surface area contributed by atoms with Crippen LogP contribution in [0.1, 0.15) is 30.0 Å². The van der Waals surface area contributed by atoms with Gasteiger partial charge in [-0.05, 0) is 45.7 Å². The van der Waals surface area contributed by atoms with Gasteiger partial charge in [-0.3, -0.25) is 0 Å². The lowest BCUT2D eigenvalue weighted by atomic mass is 9.83. The molecule has 1 heterocycles. The predicted octanol–water partition coefficient (Wildman–Crippen LogP) is 2.60. The minimum absolute atomic E-state index is 0.361. The van der Waals surface area contributed by atoms with Crippen LogP contribution in [0.15, 0.2) is 18.2 Å². The largest absolute Gasteiger partial charge is 0.311 e. The summed E-state index contributed by atoms with van der Waals surface area (Å²) in [4.78, 5) is 0. The summed E-state index contributed by atoms with van der Waals surface area (Å²) >= 11 is 0. The molecule has 0 radical (unpaired) electrons. The van der Waals surface area contributed by atoms with Crippen LogP contribution in [-0.4, -0.2) is 12.1 Å². The Morgan fingerprint density at radius 1 is 1.21 bits per heavy atom. The van der Waals surface area contributed by atoms with Gasteiger partial charge in [0.05, 0.1) is 0 Å². The first-order chi connectivity index (χ1) is 6.57. The summed E-state index contributed by atoms with van der Waals surface area (Å²) in [5.74, 6) is 0. The summed E-state index contributed by atoms with van der Waals surface area (Å²) in [6, 6.07) is 6.84. The van der Waals surface area contributed by atoms with Crippen LogP contribution in [0.4, 0.5) is 0 Å². The predicted molar refractivity (Wildman–Crippen MR) is 60.6 cm³/mol. The smallest absolute Gasteiger partial charge is 0.0205 e. The van der Waals surface area contributed by atoms with Crippen molar-refractivity contribution in [2.75, 3.05) is 6.54 Å². The Bertz CT molecular complexity index is 317. The van der Waals surface area contributed by atoms with E-state index in [0.717, 1.165) is 6.42 Å². The van der Waals surface area contributed by atoms with E-state index in [1.807, 2.05) is 0 Å². The summed E-state index contributed by atoms with van der Waals surface area (Å²) in [7, 11) is 0. The molecule has 0 spiro atoms. The summed E-state index contributed by atoms with van der Waals surface area (Å²) in [5.41, 5.74) is 4.59. The molecule has 1 unspecified atom stereocenters. The van der Waals surface area contributed by atoms with Crippen molar-refractivity contribution in [3.63, 3.8) is 0 Å². The van der Waals surface area contributed by atoms with Crippen LogP contribution in [0.25, 0.3) is 0 Å². The Hall–Kier alpha value is -0.820. The van der Waals surface area contributed by atoms with Crippen LogP contribution in [0.2, 0.25) is 0 Å². The molecule has 2 rings (SSSR count). The third-order valence-electron chi connectivity index (χ3n) is 3.10. The molecule has 1 aromatic carbocycles. The van der Waals surface area contributed by atoms with Crippen LogP contribution in [0.5, 0.6) is 0 Å². The van der Waals surface area contributed by atoms with E-state index in [1.54, 1.807) is 0 Å². The maximum Gasteiger partial charge on any atom is 0.0205 e. The molecular formula is C13H19N. The fourth-order valence-corrected chi connectivity index (χ4v) is 2.32. The molecule has 1 aliphatic rings. The lowest BCUT2D eigenvalue weighted by molar-refractivity contribution is 0.231. The van der Waals surface area contributed by atoms with Gasteiger partial charge in [0.2, 0.25) is 0 Å². The van der Waals surface area contributed by atoms with E-state index in [9.17, 15) is 0 Å². The minimum atomic E-state index is 0.361. The normalized spacial score (nSPS) is 25.9. The van der Waals surface area contributed by atoms with Crippen molar-refractivity contribution in [1.82, 2.24) is 5.32 Å². The zero-order valence-electron chi connectivity index (χ0n) is 9.35. The number of rotatable bonds is 2. The molecule has 0 aromatic heterocycles. The summed E-state index contributed by atoms with van der Waals surface area (Å²) in [6.45, 7) is 7.84. The van der Waals surface area contributed by atoms with Crippen molar-refractivity contribution >= 4 is 0 Å². The number of hydrogen-bond donors (Lipinski definition) is 1. The van der Waals surface area contributed by atoms with E-state index in [4.69, 9.17) is 0 Å². The summed E-state index contributed by atoms with van der Waals surface area (Å²) in [6.07, 6.45) is 2.47. The third-order valence-corrected chi connectivity index (χ3v) is 3.10. The zero-order chi connectivity index (χ0) is 10.2. The van der Waals surface area contributed by atoms with Crippen LogP contribution >= 0.6 is 0 Å². The Labute approximate surface area is 86.5 Å². The summed E-state index contributed by atoms with van der Waals surface area (Å²) in [5, 5.41) is 3.51. The highest BCUT2D eigenvalue weighted by atomic mass is 15.0. The quantitative estimate of drug-likeness (QED) is 0.754. The molecule has 1 aliphatic heterocycles. The number of benzene rings is 1. The van der Waals surface area contributed by atoms with Crippen LogP contribution < -0.4 is 5.32 Å². The van der Waals surface area contributed by atoms with Gasteiger partial charge in [0.15, 0.2) is 0 Å². The lowest BCUT2D eigenvalue weighted by Crippen LogP contribution is -2.55. The highest BCUT2D eigenvalue weighted by molar-refractivity contribution is 5.30. The zero-order valence-corrected chi connectivity index (χ0v) is 9.35. The fourth-order valence-electron chi connectivity index (χ4n) is 2.32. The molecule has 1 heteroatoms. The Balaban J connectivity index is 2.16. The van der Waals surface area contributed by atoms with Gasteiger partial charge in [-0.2, -0.15) is 0 Å². The second-order valence-corrected chi connectivity index (χ2v) is 4.91. The number of nitrogens with one attached hydrogen (secondary N) is 1. The number of hydrogen-bond acceptors (Lipinski definition) is 1. The van der Waals surface area contributed by atoms with Crippen molar-refractivity contribution < 1.29 is 0 Å². The molecule has 0 aliphatic carbocycles. The van der Waals surface area contributed by atoms with Gasteiger partial charge in [-0.25, -0.2) is 0 Å². The maximum atomic E-state index is 3.51. The van der Waals surface area contributed by atoms with Gasteiger partial charge in [0.1, 0.15) is 0 Å². The lowest BCUT2D eigenvalue weighted by Gasteiger charge is -2.40. The molecule has 1 atom stereocenters. The van der Waals surface area contributed by atoms with Crippen LogP contribution in [0, 0.1) is 13.8 Å². The van der Waals surface area contributed by atoms with Gasteiger partial charge < -0.3 is 5.32 Å². The second-order valence-electron chi connectivity index (χ2n) is 4.91. The third kappa shape index (κ3) is 1.98. The molecule has 1 N–H and O–H groups in total. The van der Waals surface area contributed by atoms with E-state index >= 15 is 0 Å². The molecule has 14 heavy (non-hydrogen) atoms. The molecule has 0 saturated carbocycles. The van der Waals surface area contributed by atoms with E-state index in [2.05, 4.69) is 44.3 Å². The van der Waals surface area contributed by atoms with Crippen molar-refractivity contribution in [1.29, 1.82) is 0 Å². The van der Waals surface area contributed by atoms with Crippen molar-refractivity contribution in [2.45, 2.75) is 39.2 Å². The van der Waals surface area contributed by atoms with Gasteiger partial charge in [0.25, 0.3) is 0 Å².